The van der Waals surface area contributed by atoms with E-state index in [1.54, 1.807) is 6.07 Å². The smallest absolute Gasteiger partial charge is 0.260 e. The number of hydrogen-bond acceptors (Lipinski definition) is 2. The Morgan fingerprint density at radius 2 is 1.89 bits per heavy atom. The second kappa shape index (κ2) is 5.47. The van der Waals surface area contributed by atoms with E-state index in [1.165, 1.54) is 24.3 Å². The molecule has 0 fully saturated rings. The van der Waals surface area contributed by atoms with Crippen LogP contribution in [0.4, 0.5) is 15.8 Å². The van der Waals surface area contributed by atoms with Crippen molar-refractivity contribution in [3.63, 3.8) is 0 Å². The fourth-order valence-corrected chi connectivity index (χ4v) is 1.95. The number of nitrogens with one attached hydrogen (secondary N) is 1. The number of rotatable bonds is 2. The number of anilines is 2. The molecule has 0 heterocycles. The van der Waals surface area contributed by atoms with Crippen molar-refractivity contribution in [3.8, 4) is 0 Å². The summed E-state index contributed by atoms with van der Waals surface area (Å²) in [7, 11) is 0. The Morgan fingerprint density at radius 3 is 2.58 bits per heavy atom. The Balaban J connectivity index is 2.34. The maximum atomic E-state index is 13.6. The third-order valence-electron chi connectivity index (χ3n) is 2.43. The zero-order valence-corrected chi connectivity index (χ0v) is 11.1. The van der Waals surface area contributed by atoms with Gasteiger partial charge in [-0.15, -0.1) is 0 Å². The highest BCUT2D eigenvalue weighted by atomic mass is 35.5. The summed E-state index contributed by atoms with van der Waals surface area (Å²) < 4.78 is 13.6. The van der Waals surface area contributed by atoms with Gasteiger partial charge >= 0.3 is 0 Å². The van der Waals surface area contributed by atoms with Crippen LogP contribution in [-0.4, -0.2) is 5.91 Å². The van der Waals surface area contributed by atoms with E-state index in [-0.39, 0.29) is 10.6 Å². The van der Waals surface area contributed by atoms with Crippen LogP contribution in [0.25, 0.3) is 0 Å². The molecule has 0 aliphatic carbocycles. The van der Waals surface area contributed by atoms with Gasteiger partial charge in [0.25, 0.3) is 5.91 Å². The normalized spacial score (nSPS) is 10.3. The van der Waals surface area contributed by atoms with Crippen LogP contribution >= 0.6 is 23.2 Å². The van der Waals surface area contributed by atoms with E-state index in [0.29, 0.717) is 16.4 Å². The molecule has 1 amide bonds. The Morgan fingerprint density at radius 1 is 1.16 bits per heavy atom. The number of carbonyl (C=O) groups is 1. The molecule has 3 N–H and O–H groups in total. The Labute approximate surface area is 119 Å². The van der Waals surface area contributed by atoms with Crippen molar-refractivity contribution in [3.05, 3.63) is 57.8 Å². The zero-order chi connectivity index (χ0) is 14.0. The molecule has 98 valence electrons. The van der Waals surface area contributed by atoms with Gasteiger partial charge in [-0.05, 0) is 30.3 Å². The number of carbonyl (C=O) groups excluding carboxylic acids is 1. The van der Waals surface area contributed by atoms with Crippen LogP contribution in [-0.2, 0) is 0 Å². The van der Waals surface area contributed by atoms with E-state index in [9.17, 15) is 9.18 Å². The first-order valence-electron chi connectivity index (χ1n) is 5.29. The highest BCUT2D eigenvalue weighted by Gasteiger charge is 2.16. The molecular formula is C13H9Cl2FN2O. The lowest BCUT2D eigenvalue weighted by Crippen LogP contribution is -2.14. The van der Waals surface area contributed by atoms with E-state index < -0.39 is 11.7 Å². The van der Waals surface area contributed by atoms with Gasteiger partial charge in [-0.25, -0.2) is 4.39 Å². The second-order valence-electron chi connectivity index (χ2n) is 3.79. The van der Waals surface area contributed by atoms with Gasteiger partial charge in [0.05, 0.1) is 21.3 Å². The van der Waals surface area contributed by atoms with Gasteiger partial charge in [-0.2, -0.15) is 0 Å². The molecule has 0 saturated carbocycles. The minimum Gasteiger partial charge on any atom is -0.399 e. The summed E-state index contributed by atoms with van der Waals surface area (Å²) >= 11 is 11.7. The standard InChI is InChI=1S/C13H9Cl2FN2O/c14-8-5-4-7(17)6-11(8)18-13(19)12-9(15)2-1-3-10(12)16/h1-6H,17H2,(H,18,19). The summed E-state index contributed by atoms with van der Waals surface area (Å²) in [4.78, 5) is 12.0. The molecule has 0 spiro atoms. The topological polar surface area (TPSA) is 55.1 Å². The van der Waals surface area contributed by atoms with Crippen LogP contribution in [0, 0.1) is 5.82 Å². The van der Waals surface area contributed by atoms with Crippen LogP contribution in [0.5, 0.6) is 0 Å². The molecule has 2 aromatic rings. The largest absolute Gasteiger partial charge is 0.399 e. The van der Waals surface area contributed by atoms with E-state index in [4.69, 9.17) is 28.9 Å². The lowest BCUT2D eigenvalue weighted by Gasteiger charge is -2.09. The third-order valence-corrected chi connectivity index (χ3v) is 3.07. The molecular weight excluding hydrogens is 290 g/mol. The molecule has 3 nitrogen and oxygen atoms in total. The first-order valence-corrected chi connectivity index (χ1v) is 6.05. The monoisotopic (exact) mass is 298 g/mol. The van der Waals surface area contributed by atoms with E-state index in [0.717, 1.165) is 6.07 Å². The van der Waals surface area contributed by atoms with Crippen LogP contribution in [0.1, 0.15) is 10.4 Å². The van der Waals surface area contributed by atoms with Gasteiger partial charge in [0, 0.05) is 5.69 Å². The minimum absolute atomic E-state index is 0.0255. The first-order chi connectivity index (χ1) is 8.99. The average molecular weight is 299 g/mol. The quantitative estimate of drug-likeness (QED) is 0.824. The molecule has 2 aromatic carbocycles. The number of nitrogens with two attached hydrogens (primary N) is 1. The van der Waals surface area contributed by atoms with Crippen LogP contribution in [0.2, 0.25) is 10.0 Å². The molecule has 0 aromatic heterocycles. The lowest BCUT2D eigenvalue weighted by molar-refractivity contribution is 0.102. The van der Waals surface area contributed by atoms with Gasteiger partial charge in [-0.1, -0.05) is 29.3 Å². The number of benzene rings is 2. The maximum absolute atomic E-state index is 13.6. The van der Waals surface area contributed by atoms with Crippen LogP contribution in [0.15, 0.2) is 36.4 Å². The number of hydrogen-bond donors (Lipinski definition) is 2. The minimum atomic E-state index is -0.704. The number of amides is 1. The number of nitrogen functional groups attached to an aromatic ring is 1. The van der Waals surface area contributed by atoms with Gasteiger partial charge < -0.3 is 11.1 Å². The Hall–Kier alpha value is -1.78. The van der Waals surface area contributed by atoms with Crippen molar-refractivity contribution < 1.29 is 9.18 Å². The van der Waals surface area contributed by atoms with Gasteiger partial charge in [0.2, 0.25) is 0 Å². The maximum Gasteiger partial charge on any atom is 0.260 e. The molecule has 0 saturated heterocycles. The predicted molar refractivity (Wildman–Crippen MR) is 75.2 cm³/mol. The third kappa shape index (κ3) is 2.97. The van der Waals surface area contributed by atoms with Crippen molar-refractivity contribution >= 4 is 40.5 Å². The molecule has 19 heavy (non-hydrogen) atoms. The second-order valence-corrected chi connectivity index (χ2v) is 4.60. The SMILES string of the molecule is Nc1ccc(Cl)c(NC(=O)c2c(F)cccc2Cl)c1. The predicted octanol–water partition coefficient (Wildman–Crippen LogP) is 3.97. The number of halogens is 3. The van der Waals surface area contributed by atoms with Crippen molar-refractivity contribution in [2.45, 2.75) is 0 Å². The molecule has 0 aliphatic heterocycles. The van der Waals surface area contributed by atoms with Crippen molar-refractivity contribution in [1.82, 2.24) is 0 Å². The van der Waals surface area contributed by atoms with Gasteiger partial charge in [0.1, 0.15) is 5.82 Å². The zero-order valence-electron chi connectivity index (χ0n) is 9.58. The molecule has 2 rings (SSSR count). The molecule has 0 unspecified atom stereocenters. The first kappa shape index (κ1) is 13.6. The summed E-state index contributed by atoms with van der Waals surface area (Å²) in [5.41, 5.74) is 6.09. The lowest BCUT2D eigenvalue weighted by atomic mass is 10.2. The summed E-state index contributed by atoms with van der Waals surface area (Å²) in [5, 5.41) is 2.80. The van der Waals surface area contributed by atoms with Crippen molar-refractivity contribution in [2.24, 2.45) is 0 Å². The van der Waals surface area contributed by atoms with E-state index in [2.05, 4.69) is 5.32 Å². The molecule has 0 bridgehead atoms. The molecule has 0 atom stereocenters. The fraction of sp³-hybridized carbons (Fsp3) is 0. The van der Waals surface area contributed by atoms with Crippen molar-refractivity contribution in [1.29, 1.82) is 0 Å². The van der Waals surface area contributed by atoms with Crippen molar-refractivity contribution in [2.75, 3.05) is 11.1 Å². The average Bonchev–Trinajstić information content (AvgIpc) is 2.33. The summed E-state index contributed by atoms with van der Waals surface area (Å²) in [6.45, 7) is 0. The summed E-state index contributed by atoms with van der Waals surface area (Å²) in [6, 6.07) is 8.61. The Kier molecular flexibility index (Phi) is 3.93. The van der Waals surface area contributed by atoms with Gasteiger partial charge in [-0.3, -0.25) is 4.79 Å². The Bertz CT molecular complexity index is 626. The van der Waals surface area contributed by atoms with Crippen LogP contribution in [0.3, 0.4) is 0 Å². The van der Waals surface area contributed by atoms with E-state index in [1.807, 2.05) is 0 Å². The summed E-state index contributed by atoms with van der Waals surface area (Å²) in [5.74, 6) is -1.39. The molecule has 0 aliphatic rings. The van der Waals surface area contributed by atoms with E-state index >= 15 is 0 Å². The molecule has 0 radical (unpaired) electrons. The highest BCUT2D eigenvalue weighted by molar-refractivity contribution is 6.36. The van der Waals surface area contributed by atoms with Crippen LogP contribution < -0.4 is 11.1 Å². The highest BCUT2D eigenvalue weighted by Crippen LogP contribution is 2.26. The van der Waals surface area contributed by atoms with Gasteiger partial charge in [0.15, 0.2) is 0 Å². The molecule has 6 heteroatoms. The fourth-order valence-electron chi connectivity index (χ4n) is 1.54. The summed E-state index contributed by atoms with van der Waals surface area (Å²) in [6.07, 6.45) is 0.